The summed E-state index contributed by atoms with van der Waals surface area (Å²) in [5, 5.41) is 0. The van der Waals surface area contributed by atoms with E-state index in [9.17, 15) is 4.79 Å². The van der Waals surface area contributed by atoms with Gasteiger partial charge < -0.3 is 15.2 Å². The lowest BCUT2D eigenvalue weighted by molar-refractivity contribution is -0.174. The standard InChI is InChI=1S/C8H15NO3/c1-5(2)7(9)8(10)12-6-3-11-4-6/h5-7H,3-4,9H2,1-2H3. The number of hydrogen-bond acceptors (Lipinski definition) is 4. The van der Waals surface area contributed by atoms with Crippen LogP contribution < -0.4 is 5.73 Å². The minimum Gasteiger partial charge on any atom is -0.456 e. The third-order valence-corrected chi connectivity index (χ3v) is 1.88. The molecule has 1 saturated heterocycles. The van der Waals surface area contributed by atoms with Gasteiger partial charge in [0, 0.05) is 0 Å². The highest BCUT2D eigenvalue weighted by molar-refractivity contribution is 5.76. The van der Waals surface area contributed by atoms with Gasteiger partial charge in [-0.05, 0) is 5.92 Å². The average molecular weight is 173 g/mol. The molecule has 1 fully saturated rings. The second-order valence-electron chi connectivity index (χ2n) is 3.37. The number of rotatable bonds is 3. The monoisotopic (exact) mass is 173 g/mol. The summed E-state index contributed by atoms with van der Waals surface area (Å²) in [6, 6.07) is -0.509. The van der Waals surface area contributed by atoms with E-state index in [0.717, 1.165) is 0 Å². The summed E-state index contributed by atoms with van der Waals surface area (Å²) in [7, 11) is 0. The van der Waals surface area contributed by atoms with Gasteiger partial charge in [-0.15, -0.1) is 0 Å². The molecule has 0 bridgehead atoms. The smallest absolute Gasteiger partial charge is 0.323 e. The molecule has 4 nitrogen and oxygen atoms in total. The van der Waals surface area contributed by atoms with Crippen molar-refractivity contribution in [3.05, 3.63) is 0 Å². The molecule has 2 N–H and O–H groups in total. The fourth-order valence-electron chi connectivity index (χ4n) is 0.797. The Balaban J connectivity index is 2.26. The topological polar surface area (TPSA) is 61.6 Å². The van der Waals surface area contributed by atoms with Crippen LogP contribution in [0.25, 0.3) is 0 Å². The molecule has 1 unspecified atom stereocenters. The van der Waals surface area contributed by atoms with Crippen LogP contribution in [-0.4, -0.2) is 31.3 Å². The van der Waals surface area contributed by atoms with Gasteiger partial charge in [0.15, 0.2) is 0 Å². The number of ether oxygens (including phenoxy) is 2. The molecule has 1 rings (SSSR count). The van der Waals surface area contributed by atoms with Crippen molar-refractivity contribution < 1.29 is 14.3 Å². The first-order valence-electron chi connectivity index (χ1n) is 4.15. The highest BCUT2D eigenvalue weighted by Crippen LogP contribution is 2.08. The summed E-state index contributed by atoms with van der Waals surface area (Å²) in [5.41, 5.74) is 5.57. The summed E-state index contributed by atoms with van der Waals surface area (Å²) < 4.78 is 9.88. The van der Waals surface area contributed by atoms with E-state index in [1.807, 2.05) is 13.8 Å². The van der Waals surface area contributed by atoms with Gasteiger partial charge >= 0.3 is 5.97 Å². The van der Waals surface area contributed by atoms with Crippen molar-refractivity contribution in [2.75, 3.05) is 13.2 Å². The van der Waals surface area contributed by atoms with E-state index in [0.29, 0.717) is 13.2 Å². The molecule has 1 aliphatic rings. The quantitative estimate of drug-likeness (QED) is 0.606. The molecule has 1 aliphatic heterocycles. The van der Waals surface area contributed by atoms with Crippen LogP contribution in [0.2, 0.25) is 0 Å². The van der Waals surface area contributed by atoms with E-state index in [4.69, 9.17) is 15.2 Å². The van der Waals surface area contributed by atoms with Gasteiger partial charge in [-0.3, -0.25) is 4.79 Å². The van der Waals surface area contributed by atoms with Crippen molar-refractivity contribution in [1.82, 2.24) is 0 Å². The molecule has 0 saturated carbocycles. The first kappa shape index (κ1) is 9.48. The van der Waals surface area contributed by atoms with Gasteiger partial charge in [0.2, 0.25) is 0 Å². The van der Waals surface area contributed by atoms with E-state index >= 15 is 0 Å². The third kappa shape index (κ3) is 2.19. The highest BCUT2D eigenvalue weighted by atomic mass is 16.6. The zero-order chi connectivity index (χ0) is 9.14. The number of carbonyl (C=O) groups excluding carboxylic acids is 1. The van der Waals surface area contributed by atoms with Crippen molar-refractivity contribution in [1.29, 1.82) is 0 Å². The van der Waals surface area contributed by atoms with Gasteiger partial charge in [-0.1, -0.05) is 13.8 Å². The Labute approximate surface area is 72.0 Å². The minimum absolute atomic E-state index is 0.0673. The van der Waals surface area contributed by atoms with Crippen molar-refractivity contribution in [3.8, 4) is 0 Å². The molecule has 0 amide bonds. The molecule has 70 valence electrons. The molecule has 0 aromatic heterocycles. The molecule has 4 heteroatoms. The molecule has 12 heavy (non-hydrogen) atoms. The predicted molar refractivity (Wildman–Crippen MR) is 43.5 cm³/mol. The summed E-state index contributed by atoms with van der Waals surface area (Å²) in [6.45, 7) is 4.81. The van der Waals surface area contributed by atoms with E-state index in [-0.39, 0.29) is 18.0 Å². The van der Waals surface area contributed by atoms with Crippen LogP contribution in [0.1, 0.15) is 13.8 Å². The summed E-state index contributed by atoms with van der Waals surface area (Å²) in [4.78, 5) is 11.2. The van der Waals surface area contributed by atoms with Crippen LogP contribution in [0.3, 0.4) is 0 Å². The van der Waals surface area contributed by atoms with E-state index in [1.165, 1.54) is 0 Å². The molecule has 0 spiro atoms. The Morgan fingerprint density at radius 1 is 1.58 bits per heavy atom. The zero-order valence-electron chi connectivity index (χ0n) is 7.45. The van der Waals surface area contributed by atoms with Gasteiger partial charge in [0.1, 0.15) is 12.1 Å². The maximum absolute atomic E-state index is 11.2. The molecular formula is C8H15NO3. The van der Waals surface area contributed by atoms with Crippen molar-refractivity contribution in [2.24, 2.45) is 11.7 Å². The molecule has 0 radical (unpaired) electrons. The van der Waals surface area contributed by atoms with Crippen LogP contribution >= 0.6 is 0 Å². The summed E-state index contributed by atoms with van der Waals surface area (Å²) >= 11 is 0. The summed E-state index contributed by atoms with van der Waals surface area (Å²) in [6.07, 6.45) is -0.0673. The Kier molecular flexibility index (Phi) is 3.05. The van der Waals surface area contributed by atoms with Gasteiger partial charge in [0.25, 0.3) is 0 Å². The number of carbonyl (C=O) groups is 1. The fraction of sp³-hybridized carbons (Fsp3) is 0.875. The third-order valence-electron chi connectivity index (χ3n) is 1.88. The second-order valence-corrected chi connectivity index (χ2v) is 3.37. The second kappa shape index (κ2) is 3.87. The van der Waals surface area contributed by atoms with Crippen LogP contribution in [0, 0.1) is 5.92 Å². The Morgan fingerprint density at radius 2 is 2.17 bits per heavy atom. The van der Waals surface area contributed by atoms with Crippen LogP contribution in [0.5, 0.6) is 0 Å². The van der Waals surface area contributed by atoms with Crippen LogP contribution in [-0.2, 0) is 14.3 Å². The fourth-order valence-corrected chi connectivity index (χ4v) is 0.797. The largest absolute Gasteiger partial charge is 0.456 e. The first-order chi connectivity index (χ1) is 5.61. The average Bonchev–Trinajstić information content (AvgIpc) is 1.94. The van der Waals surface area contributed by atoms with Crippen molar-refractivity contribution in [2.45, 2.75) is 26.0 Å². The summed E-state index contributed by atoms with van der Waals surface area (Å²) in [5.74, 6) is -0.197. The lowest BCUT2D eigenvalue weighted by Crippen LogP contribution is -2.44. The first-order valence-corrected chi connectivity index (χ1v) is 4.15. The molecule has 1 heterocycles. The van der Waals surface area contributed by atoms with Gasteiger partial charge in [-0.25, -0.2) is 0 Å². The maximum atomic E-state index is 11.2. The lowest BCUT2D eigenvalue weighted by Gasteiger charge is -2.27. The van der Waals surface area contributed by atoms with E-state index in [1.54, 1.807) is 0 Å². The van der Waals surface area contributed by atoms with Gasteiger partial charge in [0.05, 0.1) is 13.2 Å². The SMILES string of the molecule is CC(C)C(N)C(=O)OC1COC1. The minimum atomic E-state index is -0.509. The molecule has 0 aliphatic carbocycles. The number of esters is 1. The predicted octanol–water partition coefficient (Wildman–Crippen LogP) is -0.0883. The van der Waals surface area contributed by atoms with E-state index < -0.39 is 6.04 Å². The number of nitrogens with two attached hydrogens (primary N) is 1. The molecular weight excluding hydrogens is 158 g/mol. The Morgan fingerprint density at radius 3 is 2.50 bits per heavy atom. The van der Waals surface area contributed by atoms with Crippen LogP contribution in [0.4, 0.5) is 0 Å². The maximum Gasteiger partial charge on any atom is 0.323 e. The van der Waals surface area contributed by atoms with E-state index in [2.05, 4.69) is 0 Å². The lowest BCUT2D eigenvalue weighted by atomic mass is 10.1. The molecule has 0 aromatic rings. The Hall–Kier alpha value is -0.610. The molecule has 1 atom stereocenters. The van der Waals surface area contributed by atoms with Gasteiger partial charge in [-0.2, -0.15) is 0 Å². The molecule has 0 aromatic carbocycles. The zero-order valence-corrected chi connectivity index (χ0v) is 7.45. The number of hydrogen-bond donors (Lipinski definition) is 1. The van der Waals surface area contributed by atoms with Crippen LogP contribution in [0.15, 0.2) is 0 Å². The highest BCUT2D eigenvalue weighted by Gasteiger charge is 2.26. The Bertz CT molecular complexity index is 166. The van der Waals surface area contributed by atoms with Crippen molar-refractivity contribution >= 4 is 5.97 Å². The normalized spacial score (nSPS) is 20.3. The van der Waals surface area contributed by atoms with Crippen molar-refractivity contribution in [3.63, 3.8) is 0 Å².